The third kappa shape index (κ3) is 4.92. The SMILES string of the molecule is NC(=O)Nc1ccc(C(=O)Nc2cccc(C(=O)Nc3cccnc3)c2)cc1. The first-order valence-electron chi connectivity index (χ1n) is 8.30. The lowest BCUT2D eigenvalue weighted by Crippen LogP contribution is -2.19. The lowest BCUT2D eigenvalue weighted by atomic mass is 10.1. The molecule has 0 spiro atoms. The van der Waals surface area contributed by atoms with Crippen LogP contribution >= 0.6 is 0 Å². The van der Waals surface area contributed by atoms with Crippen molar-refractivity contribution in [3.63, 3.8) is 0 Å². The molecule has 0 fully saturated rings. The molecule has 3 rings (SSSR count). The minimum atomic E-state index is -0.682. The molecule has 0 unspecified atom stereocenters. The lowest BCUT2D eigenvalue weighted by molar-refractivity contribution is 0.101. The summed E-state index contributed by atoms with van der Waals surface area (Å²) in [4.78, 5) is 39.5. The van der Waals surface area contributed by atoms with Crippen LogP contribution < -0.4 is 21.7 Å². The summed E-state index contributed by atoms with van der Waals surface area (Å²) in [5.41, 5.74) is 7.36. The maximum Gasteiger partial charge on any atom is 0.316 e. The zero-order valence-electron chi connectivity index (χ0n) is 14.7. The number of carbonyl (C=O) groups is 3. The van der Waals surface area contributed by atoms with Gasteiger partial charge in [0, 0.05) is 28.7 Å². The first kappa shape index (κ1) is 18.6. The predicted molar refractivity (Wildman–Crippen MR) is 106 cm³/mol. The summed E-state index contributed by atoms with van der Waals surface area (Å²) in [6, 6.07) is 15.6. The molecule has 1 aromatic heterocycles. The van der Waals surface area contributed by atoms with Crippen LogP contribution in [0.3, 0.4) is 0 Å². The maximum atomic E-state index is 12.4. The van der Waals surface area contributed by atoms with Crippen molar-refractivity contribution in [3.8, 4) is 0 Å². The van der Waals surface area contributed by atoms with Gasteiger partial charge in [-0.05, 0) is 54.6 Å². The van der Waals surface area contributed by atoms with Crippen LogP contribution in [0.1, 0.15) is 20.7 Å². The number of hydrogen-bond donors (Lipinski definition) is 4. The molecule has 28 heavy (non-hydrogen) atoms. The van der Waals surface area contributed by atoms with E-state index in [9.17, 15) is 14.4 Å². The molecule has 4 amide bonds. The van der Waals surface area contributed by atoms with Gasteiger partial charge in [-0.15, -0.1) is 0 Å². The fourth-order valence-electron chi connectivity index (χ4n) is 2.43. The summed E-state index contributed by atoms with van der Waals surface area (Å²) in [6.07, 6.45) is 3.16. The number of aromatic nitrogens is 1. The summed E-state index contributed by atoms with van der Waals surface area (Å²) in [5.74, 6) is -0.665. The Labute approximate surface area is 160 Å². The molecule has 0 aliphatic heterocycles. The number of amides is 4. The Balaban J connectivity index is 1.67. The summed E-state index contributed by atoms with van der Waals surface area (Å²) in [7, 11) is 0. The van der Waals surface area contributed by atoms with Crippen molar-refractivity contribution < 1.29 is 14.4 Å². The molecule has 8 nitrogen and oxygen atoms in total. The Kier molecular flexibility index (Phi) is 5.61. The fourth-order valence-corrected chi connectivity index (χ4v) is 2.43. The van der Waals surface area contributed by atoms with Crippen molar-refractivity contribution in [3.05, 3.63) is 84.2 Å². The number of hydrogen-bond acceptors (Lipinski definition) is 4. The van der Waals surface area contributed by atoms with E-state index < -0.39 is 6.03 Å². The highest BCUT2D eigenvalue weighted by Gasteiger charge is 2.10. The minimum Gasteiger partial charge on any atom is -0.351 e. The number of carbonyl (C=O) groups excluding carboxylic acids is 3. The van der Waals surface area contributed by atoms with Crippen LogP contribution in [0.25, 0.3) is 0 Å². The van der Waals surface area contributed by atoms with E-state index in [0.717, 1.165) is 0 Å². The molecule has 5 N–H and O–H groups in total. The highest BCUT2D eigenvalue weighted by atomic mass is 16.2. The highest BCUT2D eigenvalue weighted by Crippen LogP contribution is 2.15. The molecule has 8 heteroatoms. The van der Waals surface area contributed by atoms with Crippen LogP contribution in [0.4, 0.5) is 21.9 Å². The molecule has 0 aliphatic carbocycles. The van der Waals surface area contributed by atoms with Crippen LogP contribution in [-0.2, 0) is 0 Å². The third-order valence-corrected chi connectivity index (χ3v) is 3.72. The van der Waals surface area contributed by atoms with Crippen molar-refractivity contribution >= 4 is 34.9 Å². The molecule has 2 aromatic carbocycles. The van der Waals surface area contributed by atoms with E-state index in [2.05, 4.69) is 20.9 Å². The average Bonchev–Trinajstić information content (AvgIpc) is 2.69. The summed E-state index contributed by atoms with van der Waals surface area (Å²) >= 11 is 0. The van der Waals surface area contributed by atoms with Crippen molar-refractivity contribution in [1.82, 2.24) is 4.98 Å². The standard InChI is InChI=1S/C20H17N5O3/c21-20(28)25-15-8-6-13(7-9-15)18(26)23-16-4-1-3-14(11-16)19(27)24-17-5-2-10-22-12-17/h1-12H,(H,23,26)(H,24,27)(H3,21,25,28). The van der Waals surface area contributed by atoms with Gasteiger partial charge in [0.1, 0.15) is 0 Å². The van der Waals surface area contributed by atoms with Gasteiger partial charge in [-0.3, -0.25) is 14.6 Å². The average molecular weight is 375 g/mol. The van der Waals surface area contributed by atoms with Gasteiger partial charge in [0.2, 0.25) is 0 Å². The lowest BCUT2D eigenvalue weighted by Gasteiger charge is -2.09. The van der Waals surface area contributed by atoms with E-state index in [4.69, 9.17) is 5.73 Å². The molecule has 0 saturated carbocycles. The molecule has 0 radical (unpaired) electrons. The summed E-state index contributed by atoms with van der Waals surface area (Å²) in [6.45, 7) is 0. The van der Waals surface area contributed by atoms with E-state index in [1.165, 1.54) is 0 Å². The summed E-state index contributed by atoms with van der Waals surface area (Å²) < 4.78 is 0. The van der Waals surface area contributed by atoms with Crippen LogP contribution in [0.15, 0.2) is 73.1 Å². The van der Waals surface area contributed by atoms with Gasteiger partial charge in [0.25, 0.3) is 11.8 Å². The van der Waals surface area contributed by atoms with Crippen LogP contribution in [0, 0.1) is 0 Å². The van der Waals surface area contributed by atoms with Gasteiger partial charge in [-0.1, -0.05) is 6.07 Å². The first-order valence-corrected chi connectivity index (χ1v) is 8.30. The molecular weight excluding hydrogens is 358 g/mol. The van der Waals surface area contributed by atoms with Crippen LogP contribution in [0.2, 0.25) is 0 Å². The van der Waals surface area contributed by atoms with Gasteiger partial charge < -0.3 is 21.7 Å². The first-order chi connectivity index (χ1) is 13.5. The number of benzene rings is 2. The number of nitrogens with one attached hydrogen (secondary N) is 3. The molecule has 0 atom stereocenters. The Bertz CT molecular complexity index is 1000. The number of anilines is 3. The topological polar surface area (TPSA) is 126 Å². The predicted octanol–water partition coefficient (Wildman–Crippen LogP) is 3.08. The maximum absolute atomic E-state index is 12.4. The zero-order chi connectivity index (χ0) is 19.9. The molecule has 1 heterocycles. The fraction of sp³-hybridized carbons (Fsp3) is 0. The molecule has 3 aromatic rings. The van der Waals surface area contributed by atoms with E-state index >= 15 is 0 Å². The number of rotatable bonds is 5. The minimum absolute atomic E-state index is 0.314. The van der Waals surface area contributed by atoms with Gasteiger partial charge in [-0.25, -0.2) is 4.79 Å². The van der Waals surface area contributed by atoms with Crippen LogP contribution in [-0.4, -0.2) is 22.8 Å². The smallest absolute Gasteiger partial charge is 0.316 e. The summed E-state index contributed by atoms with van der Waals surface area (Å²) in [5, 5.41) is 7.89. The van der Waals surface area contributed by atoms with Crippen molar-refractivity contribution in [2.75, 3.05) is 16.0 Å². The number of pyridine rings is 1. The van der Waals surface area contributed by atoms with E-state index in [1.54, 1.807) is 73.1 Å². The highest BCUT2D eigenvalue weighted by molar-refractivity contribution is 6.07. The van der Waals surface area contributed by atoms with E-state index in [0.29, 0.717) is 28.2 Å². The van der Waals surface area contributed by atoms with Crippen molar-refractivity contribution in [2.24, 2.45) is 5.73 Å². The Morgan fingerprint density at radius 2 is 1.39 bits per heavy atom. The normalized spacial score (nSPS) is 10.0. The molecule has 140 valence electrons. The molecule has 0 bridgehead atoms. The van der Waals surface area contributed by atoms with Crippen molar-refractivity contribution in [1.29, 1.82) is 0 Å². The molecular formula is C20H17N5O3. The second-order valence-corrected chi connectivity index (χ2v) is 5.80. The largest absolute Gasteiger partial charge is 0.351 e. The Morgan fingerprint density at radius 3 is 2.07 bits per heavy atom. The monoisotopic (exact) mass is 375 g/mol. The zero-order valence-corrected chi connectivity index (χ0v) is 14.7. The van der Waals surface area contributed by atoms with E-state index in [-0.39, 0.29) is 11.8 Å². The third-order valence-electron chi connectivity index (χ3n) is 3.72. The molecule has 0 aliphatic rings. The van der Waals surface area contributed by atoms with E-state index in [1.807, 2.05) is 0 Å². The number of urea groups is 1. The molecule has 0 saturated heterocycles. The number of primary amides is 1. The number of nitrogens with zero attached hydrogens (tertiary/aromatic N) is 1. The second-order valence-electron chi connectivity index (χ2n) is 5.80. The quantitative estimate of drug-likeness (QED) is 0.546. The van der Waals surface area contributed by atoms with Crippen molar-refractivity contribution in [2.45, 2.75) is 0 Å². The van der Waals surface area contributed by atoms with Gasteiger partial charge in [-0.2, -0.15) is 0 Å². The van der Waals surface area contributed by atoms with Gasteiger partial charge in [0.15, 0.2) is 0 Å². The van der Waals surface area contributed by atoms with Gasteiger partial charge >= 0.3 is 6.03 Å². The Morgan fingerprint density at radius 1 is 0.714 bits per heavy atom. The van der Waals surface area contributed by atoms with Gasteiger partial charge in [0.05, 0.1) is 11.9 Å². The number of nitrogens with two attached hydrogens (primary N) is 1. The second kappa shape index (κ2) is 8.45. The van der Waals surface area contributed by atoms with Crippen LogP contribution in [0.5, 0.6) is 0 Å². The Hall–Kier alpha value is -4.20.